The average molecular weight is 390 g/mol. The monoisotopic (exact) mass is 390 g/mol. The van der Waals surface area contributed by atoms with Gasteiger partial charge in [-0.25, -0.2) is 4.99 Å². The van der Waals surface area contributed by atoms with Gasteiger partial charge in [0.2, 0.25) is 12.7 Å². The number of nitrogens with one attached hydrogen (secondary N) is 2. The Hall–Kier alpha value is -2.48. The minimum absolute atomic E-state index is 0.0363. The highest BCUT2D eigenvalue weighted by Crippen LogP contribution is 2.32. The van der Waals surface area contributed by atoms with E-state index in [-0.39, 0.29) is 25.3 Å². The predicted molar refractivity (Wildman–Crippen MR) is 107 cm³/mol. The second-order valence-electron chi connectivity index (χ2n) is 7.19. The van der Waals surface area contributed by atoms with Crippen LogP contribution in [0.15, 0.2) is 23.2 Å². The van der Waals surface area contributed by atoms with Crippen LogP contribution in [0.1, 0.15) is 24.8 Å². The van der Waals surface area contributed by atoms with Crippen molar-refractivity contribution in [1.82, 2.24) is 15.5 Å². The molecular weight excluding hydrogens is 360 g/mol. The fourth-order valence-corrected chi connectivity index (χ4v) is 3.06. The van der Waals surface area contributed by atoms with Gasteiger partial charge in [-0.1, -0.05) is 6.07 Å². The Morgan fingerprint density at radius 1 is 1.21 bits per heavy atom. The van der Waals surface area contributed by atoms with Crippen LogP contribution in [0.5, 0.6) is 11.5 Å². The van der Waals surface area contributed by atoms with Crippen LogP contribution in [0, 0.1) is 0 Å². The molecule has 8 heteroatoms. The van der Waals surface area contributed by atoms with E-state index in [1.807, 2.05) is 18.2 Å². The summed E-state index contributed by atoms with van der Waals surface area (Å²) >= 11 is 0. The number of likely N-dealkylation sites (N-methyl/N-ethyl adjacent to an activating group) is 1. The van der Waals surface area contributed by atoms with Gasteiger partial charge in [0.1, 0.15) is 6.54 Å². The zero-order chi connectivity index (χ0) is 19.8. The highest BCUT2D eigenvalue weighted by molar-refractivity contribution is 5.84. The van der Waals surface area contributed by atoms with Crippen molar-refractivity contribution < 1.29 is 19.0 Å². The highest BCUT2D eigenvalue weighted by Gasteiger charge is 2.15. The molecule has 0 spiro atoms. The highest BCUT2D eigenvalue weighted by atomic mass is 16.7. The molecule has 1 saturated heterocycles. The Kier molecular flexibility index (Phi) is 7.36. The number of benzene rings is 1. The van der Waals surface area contributed by atoms with Gasteiger partial charge in [-0.15, -0.1) is 0 Å². The van der Waals surface area contributed by atoms with E-state index in [1.54, 1.807) is 14.1 Å². The topological polar surface area (TPSA) is 84.4 Å². The number of amides is 1. The van der Waals surface area contributed by atoms with Gasteiger partial charge in [0, 0.05) is 33.8 Å². The summed E-state index contributed by atoms with van der Waals surface area (Å²) < 4.78 is 16.5. The van der Waals surface area contributed by atoms with E-state index in [9.17, 15) is 4.79 Å². The van der Waals surface area contributed by atoms with Gasteiger partial charge < -0.3 is 29.7 Å². The van der Waals surface area contributed by atoms with Crippen LogP contribution in [0.3, 0.4) is 0 Å². The molecule has 0 aromatic heterocycles. The maximum absolute atomic E-state index is 11.9. The first-order valence-corrected chi connectivity index (χ1v) is 9.84. The first-order chi connectivity index (χ1) is 13.6. The van der Waals surface area contributed by atoms with E-state index in [4.69, 9.17) is 14.2 Å². The lowest BCUT2D eigenvalue weighted by Crippen LogP contribution is -2.43. The number of fused-ring (bicyclic) bond motifs is 1. The maximum Gasteiger partial charge on any atom is 0.243 e. The summed E-state index contributed by atoms with van der Waals surface area (Å²) in [4.78, 5) is 17.8. The number of carbonyl (C=O) groups is 1. The summed E-state index contributed by atoms with van der Waals surface area (Å²) in [5.74, 6) is 2.17. The second-order valence-corrected chi connectivity index (χ2v) is 7.19. The number of aliphatic imine (C=N–C) groups is 1. The van der Waals surface area contributed by atoms with E-state index < -0.39 is 0 Å². The molecule has 1 fully saturated rings. The third-order valence-corrected chi connectivity index (χ3v) is 4.79. The molecule has 2 aliphatic rings. The molecule has 0 bridgehead atoms. The van der Waals surface area contributed by atoms with Crippen molar-refractivity contribution in [3.05, 3.63) is 23.8 Å². The Morgan fingerprint density at radius 3 is 2.86 bits per heavy atom. The molecule has 28 heavy (non-hydrogen) atoms. The first kappa shape index (κ1) is 20.3. The van der Waals surface area contributed by atoms with Crippen molar-refractivity contribution in [1.29, 1.82) is 0 Å². The van der Waals surface area contributed by atoms with E-state index in [2.05, 4.69) is 15.6 Å². The summed E-state index contributed by atoms with van der Waals surface area (Å²) in [6, 6.07) is 5.96. The minimum Gasteiger partial charge on any atom is -0.454 e. The fraction of sp³-hybridized carbons (Fsp3) is 0.600. The first-order valence-electron chi connectivity index (χ1n) is 9.84. The number of ether oxygens (including phenoxy) is 3. The minimum atomic E-state index is -0.0363. The predicted octanol–water partition coefficient (Wildman–Crippen LogP) is 1.15. The number of guanidine groups is 1. The summed E-state index contributed by atoms with van der Waals surface area (Å²) in [7, 11) is 3.46. The van der Waals surface area contributed by atoms with Gasteiger partial charge in [-0.05, 0) is 43.4 Å². The second kappa shape index (κ2) is 10.2. The lowest BCUT2D eigenvalue weighted by Gasteiger charge is -2.24. The van der Waals surface area contributed by atoms with Gasteiger partial charge in [0.05, 0.1) is 6.10 Å². The molecule has 0 radical (unpaired) electrons. The largest absolute Gasteiger partial charge is 0.454 e. The Balaban J connectivity index is 1.51. The molecule has 1 amide bonds. The van der Waals surface area contributed by atoms with Crippen molar-refractivity contribution in [3.63, 3.8) is 0 Å². The molecule has 0 saturated carbocycles. The van der Waals surface area contributed by atoms with Gasteiger partial charge in [0.25, 0.3) is 0 Å². The number of hydrogen-bond acceptors (Lipinski definition) is 5. The normalized spacial score (nSPS) is 18.6. The summed E-state index contributed by atoms with van der Waals surface area (Å²) in [6.45, 7) is 2.58. The van der Waals surface area contributed by atoms with E-state index in [0.717, 1.165) is 42.9 Å². The Labute approximate surface area is 166 Å². The molecule has 154 valence electrons. The zero-order valence-electron chi connectivity index (χ0n) is 16.7. The quantitative estimate of drug-likeness (QED) is 0.537. The molecule has 1 atom stereocenters. The lowest BCUT2D eigenvalue weighted by atomic mass is 10.1. The average Bonchev–Trinajstić information content (AvgIpc) is 3.18. The van der Waals surface area contributed by atoms with Crippen LogP contribution < -0.4 is 20.1 Å². The molecule has 8 nitrogen and oxygen atoms in total. The Bertz CT molecular complexity index is 687. The van der Waals surface area contributed by atoms with Crippen LogP contribution in [0.4, 0.5) is 0 Å². The number of nitrogens with zero attached hydrogens (tertiary/aromatic N) is 2. The fourth-order valence-electron chi connectivity index (χ4n) is 3.06. The van der Waals surface area contributed by atoms with Crippen LogP contribution in [0.25, 0.3) is 0 Å². The molecular formula is C20H30N4O4. The van der Waals surface area contributed by atoms with E-state index in [1.165, 1.54) is 11.3 Å². The molecule has 2 N–H and O–H groups in total. The summed E-state index contributed by atoms with van der Waals surface area (Å²) in [5.41, 5.74) is 1.15. The van der Waals surface area contributed by atoms with Gasteiger partial charge in [-0.3, -0.25) is 4.79 Å². The van der Waals surface area contributed by atoms with E-state index in [0.29, 0.717) is 19.0 Å². The molecule has 2 aliphatic heterocycles. The molecule has 1 aromatic carbocycles. The van der Waals surface area contributed by atoms with Crippen molar-refractivity contribution in [2.24, 2.45) is 4.99 Å². The van der Waals surface area contributed by atoms with Crippen molar-refractivity contribution in [3.8, 4) is 11.5 Å². The van der Waals surface area contributed by atoms with Crippen molar-refractivity contribution in [2.75, 3.05) is 47.1 Å². The SMILES string of the molecule is CN(C)C(=O)CN=C(NCCc1ccc2c(c1)OCO2)NCC1CCCCO1. The number of hydrogen-bond donors (Lipinski definition) is 2. The lowest BCUT2D eigenvalue weighted by molar-refractivity contribution is -0.127. The van der Waals surface area contributed by atoms with Crippen LogP contribution >= 0.6 is 0 Å². The third-order valence-electron chi connectivity index (χ3n) is 4.79. The van der Waals surface area contributed by atoms with Crippen LogP contribution in [-0.2, 0) is 16.0 Å². The van der Waals surface area contributed by atoms with Gasteiger partial charge in [-0.2, -0.15) is 0 Å². The van der Waals surface area contributed by atoms with Crippen LogP contribution in [-0.4, -0.2) is 70.0 Å². The standard InChI is InChI=1S/C20H30N4O4/c1-24(2)19(25)13-23-20(22-12-16-5-3-4-10-26-16)21-9-8-15-6-7-17-18(11-15)28-14-27-17/h6-7,11,16H,3-5,8-10,12-14H2,1-2H3,(H2,21,22,23). The zero-order valence-corrected chi connectivity index (χ0v) is 16.7. The molecule has 1 aromatic rings. The number of carbonyl (C=O) groups excluding carboxylic acids is 1. The molecule has 0 aliphatic carbocycles. The third kappa shape index (κ3) is 6.02. The van der Waals surface area contributed by atoms with Gasteiger partial charge in [0.15, 0.2) is 17.5 Å². The Morgan fingerprint density at radius 2 is 2.07 bits per heavy atom. The maximum atomic E-state index is 11.9. The van der Waals surface area contributed by atoms with E-state index >= 15 is 0 Å². The number of rotatable bonds is 7. The molecule has 1 unspecified atom stereocenters. The van der Waals surface area contributed by atoms with Crippen molar-refractivity contribution >= 4 is 11.9 Å². The smallest absolute Gasteiger partial charge is 0.243 e. The molecule has 3 rings (SSSR count). The molecule has 2 heterocycles. The van der Waals surface area contributed by atoms with Crippen LogP contribution in [0.2, 0.25) is 0 Å². The summed E-state index contributed by atoms with van der Waals surface area (Å²) in [6.07, 6.45) is 4.37. The summed E-state index contributed by atoms with van der Waals surface area (Å²) in [5, 5.41) is 6.62. The van der Waals surface area contributed by atoms with Gasteiger partial charge >= 0.3 is 0 Å². The van der Waals surface area contributed by atoms with Crippen molar-refractivity contribution in [2.45, 2.75) is 31.8 Å².